The number of Topliss-reactive ketones (excluding diaryl/α,β-unsaturated/α-hetero) is 1. The van der Waals surface area contributed by atoms with Gasteiger partial charge in [-0.05, 0) is 44.9 Å². The van der Waals surface area contributed by atoms with Gasteiger partial charge in [0.25, 0.3) is 0 Å². The van der Waals surface area contributed by atoms with Crippen molar-refractivity contribution < 1.29 is 14.6 Å². The van der Waals surface area contributed by atoms with Crippen molar-refractivity contribution in [1.29, 1.82) is 0 Å². The summed E-state index contributed by atoms with van der Waals surface area (Å²) in [5, 5.41) is 1.23. The standard InChI is InChI=1S/C23H28N4OS/c1-16-13-19(17(2)27(16)18-7-8-18)21(28)14-25-9-11-26(12-10-25)15-23-24-20-5-3-4-6-22(20)29-23/h3-6,13,18H,7-12,14-15H2,1-2H3/p+2. The first-order chi connectivity index (χ1) is 14.1. The number of hydrogen-bond donors (Lipinski definition) is 2. The van der Waals surface area contributed by atoms with E-state index in [1.165, 1.54) is 38.8 Å². The third-order valence-corrected chi connectivity index (χ3v) is 7.55. The predicted molar refractivity (Wildman–Crippen MR) is 116 cm³/mol. The summed E-state index contributed by atoms with van der Waals surface area (Å²) in [7, 11) is 0. The van der Waals surface area contributed by atoms with Gasteiger partial charge in [0.2, 0.25) is 5.78 Å². The maximum atomic E-state index is 13.0. The minimum Gasteiger partial charge on any atom is -0.345 e. The fourth-order valence-corrected chi connectivity index (χ4v) is 5.84. The fourth-order valence-electron chi connectivity index (χ4n) is 4.80. The lowest BCUT2D eigenvalue weighted by atomic mass is 10.1. The number of piperazine rings is 1. The van der Waals surface area contributed by atoms with Crippen LogP contribution in [0.15, 0.2) is 30.3 Å². The summed E-state index contributed by atoms with van der Waals surface area (Å²) in [6, 6.07) is 11.1. The highest BCUT2D eigenvalue weighted by molar-refractivity contribution is 7.18. The van der Waals surface area contributed by atoms with Crippen LogP contribution in [0.4, 0.5) is 0 Å². The Kier molecular flexibility index (Phi) is 5.02. The van der Waals surface area contributed by atoms with E-state index >= 15 is 0 Å². The number of fused-ring (bicyclic) bond motifs is 1. The van der Waals surface area contributed by atoms with E-state index in [1.54, 1.807) is 4.90 Å². The molecular weight excluding hydrogens is 380 g/mol. The number of aryl methyl sites for hydroxylation is 1. The van der Waals surface area contributed by atoms with E-state index in [0.717, 1.165) is 43.8 Å². The van der Waals surface area contributed by atoms with Crippen LogP contribution in [0.25, 0.3) is 10.2 Å². The molecule has 1 aliphatic heterocycles. The highest BCUT2D eigenvalue weighted by Gasteiger charge is 2.30. The number of nitrogens with zero attached hydrogens (tertiary/aromatic N) is 2. The summed E-state index contributed by atoms with van der Waals surface area (Å²) in [5.74, 6) is 0.314. The summed E-state index contributed by atoms with van der Waals surface area (Å²) < 4.78 is 3.66. The Morgan fingerprint density at radius 1 is 1.14 bits per heavy atom. The predicted octanol–water partition coefficient (Wildman–Crippen LogP) is 1.22. The number of rotatable bonds is 6. The van der Waals surface area contributed by atoms with Crippen LogP contribution >= 0.6 is 11.3 Å². The molecule has 1 saturated heterocycles. The molecule has 3 aromatic rings. The van der Waals surface area contributed by atoms with Crippen LogP contribution in [0.1, 0.15) is 45.6 Å². The van der Waals surface area contributed by atoms with Crippen LogP contribution in [0, 0.1) is 13.8 Å². The SMILES string of the molecule is Cc1cc(C(=O)C[NH+]2CC[NH+](Cc3nc4ccccc4s3)CC2)c(C)n1C1CC1. The van der Waals surface area contributed by atoms with Gasteiger partial charge in [0, 0.05) is 23.0 Å². The maximum Gasteiger partial charge on any atom is 0.218 e. The molecule has 152 valence electrons. The molecule has 5 nitrogen and oxygen atoms in total. The number of hydrogen-bond acceptors (Lipinski definition) is 3. The van der Waals surface area contributed by atoms with E-state index in [0.29, 0.717) is 18.4 Å². The lowest BCUT2D eigenvalue weighted by molar-refractivity contribution is -1.01. The molecule has 0 bridgehead atoms. The molecule has 0 atom stereocenters. The van der Waals surface area contributed by atoms with Crippen LogP contribution in [-0.2, 0) is 6.54 Å². The number of aromatic nitrogens is 2. The average Bonchev–Trinajstić information content (AvgIpc) is 3.38. The summed E-state index contributed by atoms with van der Waals surface area (Å²) >= 11 is 1.82. The van der Waals surface area contributed by atoms with E-state index in [2.05, 4.69) is 48.7 Å². The van der Waals surface area contributed by atoms with Crippen LogP contribution in [0.5, 0.6) is 0 Å². The zero-order chi connectivity index (χ0) is 20.0. The molecule has 1 saturated carbocycles. The van der Waals surface area contributed by atoms with Crippen molar-refractivity contribution in [2.45, 2.75) is 39.3 Å². The third-order valence-electron chi connectivity index (χ3n) is 6.51. The smallest absolute Gasteiger partial charge is 0.218 e. The fraction of sp³-hybridized carbons (Fsp3) is 0.478. The van der Waals surface area contributed by atoms with E-state index in [1.807, 2.05) is 11.3 Å². The molecule has 29 heavy (non-hydrogen) atoms. The van der Waals surface area contributed by atoms with Gasteiger partial charge in [0.1, 0.15) is 44.3 Å². The molecule has 1 aliphatic carbocycles. The second-order valence-corrected chi connectivity index (χ2v) is 9.85. The van der Waals surface area contributed by atoms with E-state index in [-0.39, 0.29) is 0 Å². The largest absolute Gasteiger partial charge is 0.345 e. The summed E-state index contributed by atoms with van der Waals surface area (Å²) in [4.78, 5) is 20.8. The number of para-hydroxylation sites is 1. The number of quaternary nitrogens is 2. The highest BCUT2D eigenvalue weighted by atomic mass is 32.1. The molecule has 0 amide bonds. The Bertz CT molecular complexity index is 1010. The second kappa shape index (κ2) is 7.67. The molecule has 2 N–H and O–H groups in total. The van der Waals surface area contributed by atoms with Gasteiger partial charge in [0.05, 0.1) is 10.2 Å². The number of carbonyl (C=O) groups is 1. The van der Waals surface area contributed by atoms with Crippen molar-refractivity contribution in [2.75, 3.05) is 32.7 Å². The number of nitrogens with one attached hydrogen (secondary N) is 2. The Morgan fingerprint density at radius 3 is 2.59 bits per heavy atom. The van der Waals surface area contributed by atoms with Crippen molar-refractivity contribution in [3.05, 3.63) is 52.3 Å². The maximum absolute atomic E-state index is 13.0. The van der Waals surface area contributed by atoms with Gasteiger partial charge in [-0.1, -0.05) is 12.1 Å². The molecule has 2 fully saturated rings. The Hall–Kier alpha value is -2.02. The summed E-state index contributed by atoms with van der Waals surface area (Å²) in [6.45, 7) is 10.2. The summed E-state index contributed by atoms with van der Waals surface area (Å²) in [5.41, 5.74) is 4.49. The quantitative estimate of drug-likeness (QED) is 0.600. The monoisotopic (exact) mass is 410 g/mol. The molecule has 0 radical (unpaired) electrons. The van der Waals surface area contributed by atoms with Gasteiger partial charge in [-0.25, -0.2) is 4.98 Å². The lowest BCUT2D eigenvalue weighted by Crippen LogP contribution is -3.27. The first-order valence-electron chi connectivity index (χ1n) is 10.8. The van der Waals surface area contributed by atoms with Crippen LogP contribution in [0.3, 0.4) is 0 Å². The molecule has 6 heteroatoms. The number of benzene rings is 1. The first-order valence-corrected chi connectivity index (χ1v) is 11.6. The highest BCUT2D eigenvalue weighted by Crippen LogP contribution is 2.38. The molecular formula is C23H30N4OS+2. The van der Waals surface area contributed by atoms with Crippen molar-refractivity contribution in [3.8, 4) is 0 Å². The van der Waals surface area contributed by atoms with Crippen LogP contribution in [0.2, 0.25) is 0 Å². The molecule has 0 spiro atoms. The summed E-state index contributed by atoms with van der Waals surface area (Å²) in [6.07, 6.45) is 2.52. The van der Waals surface area contributed by atoms with Crippen LogP contribution < -0.4 is 9.80 Å². The zero-order valence-electron chi connectivity index (χ0n) is 17.3. The molecule has 5 rings (SSSR count). The van der Waals surface area contributed by atoms with Crippen LogP contribution in [-0.4, -0.2) is 48.1 Å². The number of carbonyl (C=O) groups excluding carboxylic acids is 1. The van der Waals surface area contributed by atoms with E-state index < -0.39 is 0 Å². The zero-order valence-corrected chi connectivity index (χ0v) is 18.1. The molecule has 2 aliphatic rings. The Morgan fingerprint density at radius 2 is 1.86 bits per heavy atom. The number of thiazole rings is 1. The number of ketones is 1. The van der Waals surface area contributed by atoms with Crippen molar-refractivity contribution >= 4 is 27.3 Å². The average molecular weight is 411 g/mol. The minimum absolute atomic E-state index is 0.314. The van der Waals surface area contributed by atoms with Gasteiger partial charge in [-0.2, -0.15) is 0 Å². The third kappa shape index (κ3) is 3.89. The van der Waals surface area contributed by atoms with E-state index in [9.17, 15) is 4.79 Å². The molecule has 3 heterocycles. The first kappa shape index (κ1) is 19.0. The van der Waals surface area contributed by atoms with Gasteiger partial charge < -0.3 is 14.4 Å². The van der Waals surface area contributed by atoms with Crippen molar-refractivity contribution in [2.24, 2.45) is 0 Å². The van der Waals surface area contributed by atoms with Crippen molar-refractivity contribution in [3.63, 3.8) is 0 Å². The Labute approximate surface area is 175 Å². The van der Waals surface area contributed by atoms with Gasteiger partial charge in [-0.15, -0.1) is 11.3 Å². The van der Waals surface area contributed by atoms with Crippen molar-refractivity contribution in [1.82, 2.24) is 9.55 Å². The lowest BCUT2D eigenvalue weighted by Gasteiger charge is -2.28. The Balaban J connectivity index is 1.17. The molecule has 0 unspecified atom stereocenters. The molecule has 1 aromatic carbocycles. The van der Waals surface area contributed by atoms with Gasteiger partial charge >= 0.3 is 0 Å². The normalized spacial score (nSPS) is 22.3. The second-order valence-electron chi connectivity index (χ2n) is 8.74. The van der Waals surface area contributed by atoms with E-state index in [4.69, 9.17) is 4.98 Å². The minimum atomic E-state index is 0.314. The molecule has 2 aromatic heterocycles. The topological polar surface area (TPSA) is 43.8 Å². The van der Waals surface area contributed by atoms with Gasteiger partial charge in [-0.3, -0.25) is 4.79 Å². The van der Waals surface area contributed by atoms with Gasteiger partial charge in [0.15, 0.2) is 0 Å².